The van der Waals surface area contributed by atoms with Crippen molar-refractivity contribution in [2.24, 2.45) is 0 Å². The Bertz CT molecular complexity index is 877. The molecule has 0 spiro atoms. The molecule has 0 aliphatic rings. The van der Waals surface area contributed by atoms with Crippen molar-refractivity contribution < 1.29 is 19.0 Å². The maximum absolute atomic E-state index is 12.3. The Kier molecular flexibility index (Phi) is 6.52. The topological polar surface area (TPSA) is 56.8 Å². The number of hydrogen-bond acceptors (Lipinski definition) is 4. The second-order valence-corrected chi connectivity index (χ2v) is 6.09. The van der Waals surface area contributed by atoms with Gasteiger partial charge in [0, 0.05) is 5.69 Å². The Morgan fingerprint density at radius 3 is 2.00 bits per heavy atom. The van der Waals surface area contributed by atoms with E-state index in [4.69, 9.17) is 14.2 Å². The zero-order valence-electron chi connectivity index (χ0n) is 15.9. The lowest BCUT2D eigenvalue weighted by atomic mass is 10.2. The van der Waals surface area contributed by atoms with E-state index < -0.39 is 6.10 Å². The highest BCUT2D eigenvalue weighted by Crippen LogP contribution is 2.25. The van der Waals surface area contributed by atoms with E-state index in [0.29, 0.717) is 29.5 Å². The summed E-state index contributed by atoms with van der Waals surface area (Å²) in [6.45, 7) is 4.29. The van der Waals surface area contributed by atoms with Crippen LogP contribution in [0.4, 0.5) is 5.69 Å². The molecule has 3 aromatic rings. The van der Waals surface area contributed by atoms with Crippen LogP contribution in [0, 0.1) is 0 Å². The average Bonchev–Trinajstić information content (AvgIpc) is 2.72. The van der Waals surface area contributed by atoms with Crippen molar-refractivity contribution in [3.63, 3.8) is 0 Å². The lowest BCUT2D eigenvalue weighted by Crippen LogP contribution is -2.30. The fourth-order valence-electron chi connectivity index (χ4n) is 2.51. The fourth-order valence-corrected chi connectivity index (χ4v) is 2.51. The molecule has 1 N–H and O–H groups in total. The number of amides is 1. The molecule has 5 nitrogen and oxygen atoms in total. The van der Waals surface area contributed by atoms with Gasteiger partial charge in [-0.25, -0.2) is 0 Å². The zero-order chi connectivity index (χ0) is 19.8. The molecule has 28 heavy (non-hydrogen) atoms. The van der Waals surface area contributed by atoms with E-state index in [1.165, 1.54) is 0 Å². The molecule has 144 valence electrons. The molecular formula is C23H23NO4. The van der Waals surface area contributed by atoms with Gasteiger partial charge in [0.25, 0.3) is 5.91 Å². The first kappa shape index (κ1) is 19.3. The SMILES string of the molecule is CCOc1ccc(Oc2ccc(NC(=O)[C@H](C)Oc3ccccc3)cc2)cc1. The number of carbonyl (C=O) groups excluding carboxylic acids is 1. The maximum atomic E-state index is 12.3. The maximum Gasteiger partial charge on any atom is 0.265 e. The molecule has 3 rings (SSSR count). The lowest BCUT2D eigenvalue weighted by molar-refractivity contribution is -0.122. The van der Waals surface area contributed by atoms with E-state index in [1.54, 1.807) is 31.2 Å². The molecule has 1 atom stereocenters. The fraction of sp³-hybridized carbons (Fsp3) is 0.174. The predicted molar refractivity (Wildman–Crippen MR) is 109 cm³/mol. The molecule has 0 aliphatic heterocycles. The Morgan fingerprint density at radius 1 is 0.821 bits per heavy atom. The molecule has 0 aromatic heterocycles. The van der Waals surface area contributed by atoms with Gasteiger partial charge < -0.3 is 19.5 Å². The Hall–Kier alpha value is -3.47. The van der Waals surface area contributed by atoms with Crippen molar-refractivity contribution in [3.8, 4) is 23.0 Å². The van der Waals surface area contributed by atoms with Crippen molar-refractivity contribution in [1.82, 2.24) is 0 Å². The van der Waals surface area contributed by atoms with Crippen LogP contribution in [-0.4, -0.2) is 18.6 Å². The van der Waals surface area contributed by atoms with E-state index in [-0.39, 0.29) is 5.91 Å². The highest BCUT2D eigenvalue weighted by molar-refractivity contribution is 5.94. The third kappa shape index (κ3) is 5.51. The normalized spacial score (nSPS) is 11.4. The summed E-state index contributed by atoms with van der Waals surface area (Å²) in [5, 5.41) is 2.84. The van der Waals surface area contributed by atoms with Crippen molar-refractivity contribution in [2.75, 3.05) is 11.9 Å². The predicted octanol–water partition coefficient (Wildman–Crippen LogP) is 5.28. The molecule has 0 heterocycles. The van der Waals surface area contributed by atoms with E-state index in [0.717, 1.165) is 5.75 Å². The number of anilines is 1. The largest absolute Gasteiger partial charge is 0.494 e. The van der Waals surface area contributed by atoms with Gasteiger partial charge in [0.05, 0.1) is 6.61 Å². The number of nitrogens with one attached hydrogen (secondary N) is 1. The average molecular weight is 377 g/mol. The van der Waals surface area contributed by atoms with Gasteiger partial charge in [-0.05, 0) is 74.5 Å². The summed E-state index contributed by atoms with van der Waals surface area (Å²) in [7, 11) is 0. The molecule has 0 saturated carbocycles. The number of rotatable bonds is 8. The molecule has 0 radical (unpaired) electrons. The van der Waals surface area contributed by atoms with Gasteiger partial charge in [-0.15, -0.1) is 0 Å². The molecular weight excluding hydrogens is 354 g/mol. The minimum atomic E-state index is -0.609. The molecule has 3 aromatic carbocycles. The second kappa shape index (κ2) is 9.46. The van der Waals surface area contributed by atoms with Crippen LogP contribution >= 0.6 is 0 Å². The summed E-state index contributed by atoms with van der Waals surface area (Å²) in [5.74, 6) is 2.63. The highest BCUT2D eigenvalue weighted by atomic mass is 16.5. The first-order chi connectivity index (χ1) is 13.6. The van der Waals surface area contributed by atoms with Gasteiger partial charge in [0.1, 0.15) is 23.0 Å². The highest BCUT2D eigenvalue weighted by Gasteiger charge is 2.14. The molecule has 0 bridgehead atoms. The summed E-state index contributed by atoms with van der Waals surface area (Å²) in [6, 6.07) is 23.9. The molecule has 5 heteroatoms. The number of hydrogen-bond donors (Lipinski definition) is 1. The van der Waals surface area contributed by atoms with Crippen LogP contribution in [0.5, 0.6) is 23.0 Å². The summed E-state index contributed by atoms with van der Waals surface area (Å²) >= 11 is 0. The third-order valence-electron chi connectivity index (χ3n) is 3.92. The Labute approximate surface area is 164 Å². The van der Waals surface area contributed by atoms with Crippen LogP contribution in [0.2, 0.25) is 0 Å². The number of ether oxygens (including phenoxy) is 3. The Balaban J connectivity index is 1.54. The van der Waals surface area contributed by atoms with Gasteiger partial charge in [-0.3, -0.25) is 4.79 Å². The monoisotopic (exact) mass is 377 g/mol. The summed E-state index contributed by atoms with van der Waals surface area (Å²) in [4.78, 5) is 12.3. The quantitative estimate of drug-likeness (QED) is 0.580. The van der Waals surface area contributed by atoms with Gasteiger partial charge in [0.15, 0.2) is 6.10 Å². The number of para-hydroxylation sites is 1. The molecule has 0 saturated heterocycles. The van der Waals surface area contributed by atoms with E-state index in [1.807, 2.05) is 61.5 Å². The summed E-state index contributed by atoms with van der Waals surface area (Å²) < 4.78 is 16.9. The smallest absolute Gasteiger partial charge is 0.265 e. The standard InChI is InChI=1S/C23H23NO4/c1-3-26-19-13-15-22(16-14-19)28-21-11-9-18(10-12-21)24-23(25)17(2)27-20-7-5-4-6-8-20/h4-17H,3H2,1-2H3,(H,24,25)/t17-/m0/s1. The van der Waals surface area contributed by atoms with E-state index in [2.05, 4.69) is 5.32 Å². The summed E-state index contributed by atoms with van der Waals surface area (Å²) in [6.07, 6.45) is -0.609. The minimum Gasteiger partial charge on any atom is -0.494 e. The van der Waals surface area contributed by atoms with Crippen LogP contribution in [0.1, 0.15) is 13.8 Å². The molecule has 1 amide bonds. The third-order valence-corrected chi connectivity index (χ3v) is 3.92. The Morgan fingerprint density at radius 2 is 1.39 bits per heavy atom. The van der Waals surface area contributed by atoms with Gasteiger partial charge in [-0.2, -0.15) is 0 Å². The van der Waals surface area contributed by atoms with Crippen LogP contribution in [0.25, 0.3) is 0 Å². The van der Waals surface area contributed by atoms with E-state index in [9.17, 15) is 4.79 Å². The van der Waals surface area contributed by atoms with E-state index >= 15 is 0 Å². The van der Waals surface area contributed by atoms with Crippen LogP contribution < -0.4 is 19.5 Å². The van der Waals surface area contributed by atoms with Crippen molar-refractivity contribution >= 4 is 11.6 Å². The van der Waals surface area contributed by atoms with Crippen molar-refractivity contribution in [1.29, 1.82) is 0 Å². The van der Waals surface area contributed by atoms with Crippen molar-refractivity contribution in [2.45, 2.75) is 20.0 Å². The first-order valence-electron chi connectivity index (χ1n) is 9.17. The molecule has 0 unspecified atom stereocenters. The van der Waals surface area contributed by atoms with Crippen LogP contribution in [0.15, 0.2) is 78.9 Å². The second-order valence-electron chi connectivity index (χ2n) is 6.09. The van der Waals surface area contributed by atoms with Gasteiger partial charge >= 0.3 is 0 Å². The zero-order valence-corrected chi connectivity index (χ0v) is 15.9. The molecule has 0 aliphatic carbocycles. The van der Waals surface area contributed by atoms with Gasteiger partial charge in [-0.1, -0.05) is 18.2 Å². The number of carbonyl (C=O) groups is 1. The van der Waals surface area contributed by atoms with Gasteiger partial charge in [0.2, 0.25) is 0 Å². The lowest BCUT2D eigenvalue weighted by Gasteiger charge is -2.15. The minimum absolute atomic E-state index is 0.218. The summed E-state index contributed by atoms with van der Waals surface area (Å²) in [5.41, 5.74) is 0.674. The first-order valence-corrected chi connectivity index (χ1v) is 9.17. The van der Waals surface area contributed by atoms with Crippen molar-refractivity contribution in [3.05, 3.63) is 78.9 Å². The van der Waals surface area contributed by atoms with Crippen LogP contribution in [0.3, 0.4) is 0 Å². The van der Waals surface area contributed by atoms with Crippen LogP contribution in [-0.2, 0) is 4.79 Å². The number of benzene rings is 3. The molecule has 0 fully saturated rings.